The molecule has 0 saturated heterocycles. The average Bonchev–Trinajstić information content (AvgIpc) is 2.59. The van der Waals surface area contributed by atoms with Crippen LogP contribution in [0.2, 0.25) is 0 Å². The van der Waals surface area contributed by atoms with Crippen molar-refractivity contribution >= 4 is 17.3 Å². The van der Waals surface area contributed by atoms with Gasteiger partial charge in [0.15, 0.2) is 0 Å². The van der Waals surface area contributed by atoms with Gasteiger partial charge in [-0.15, -0.1) is 0 Å². The van der Waals surface area contributed by atoms with Crippen molar-refractivity contribution in [2.24, 2.45) is 0 Å². The Morgan fingerprint density at radius 2 is 1.92 bits per heavy atom. The predicted octanol–water partition coefficient (Wildman–Crippen LogP) is 4.48. The number of hydrogen-bond donors (Lipinski definition) is 2. The highest BCUT2D eigenvalue weighted by atomic mass is 16.5. The fraction of sp³-hybridized carbons (Fsp3) is 0.286. The van der Waals surface area contributed by atoms with E-state index in [4.69, 9.17) is 9.47 Å². The first kappa shape index (κ1) is 19.4. The second-order valence-corrected chi connectivity index (χ2v) is 6.34. The average molecular weight is 354 g/mol. The highest BCUT2D eigenvalue weighted by Crippen LogP contribution is 2.24. The topological polar surface area (TPSA) is 59.6 Å². The molecule has 0 unspecified atom stereocenters. The maximum absolute atomic E-state index is 12.3. The molecule has 0 heterocycles. The molecule has 0 bridgehead atoms. The Bertz CT molecular complexity index is 756. The molecule has 26 heavy (non-hydrogen) atoms. The summed E-state index contributed by atoms with van der Waals surface area (Å²) in [6.45, 7) is 10.2. The van der Waals surface area contributed by atoms with Crippen molar-refractivity contribution in [1.82, 2.24) is 0 Å². The summed E-state index contributed by atoms with van der Waals surface area (Å²) in [5.74, 6) is 1.23. The maximum atomic E-state index is 12.3. The van der Waals surface area contributed by atoms with E-state index in [0.29, 0.717) is 18.0 Å². The van der Waals surface area contributed by atoms with E-state index in [1.165, 1.54) is 0 Å². The molecule has 5 heteroatoms. The summed E-state index contributed by atoms with van der Waals surface area (Å²) in [4.78, 5) is 12.3. The molecule has 0 radical (unpaired) electrons. The molecule has 2 rings (SSSR count). The SMILES string of the molecule is C=C(C)COc1ccccc1NC(=O)CNc1cccc(OC(C)C)c1. The van der Waals surface area contributed by atoms with Gasteiger partial charge in [-0.2, -0.15) is 0 Å². The summed E-state index contributed by atoms with van der Waals surface area (Å²) in [5.41, 5.74) is 2.37. The van der Waals surface area contributed by atoms with Gasteiger partial charge in [-0.25, -0.2) is 0 Å². The van der Waals surface area contributed by atoms with Crippen molar-refractivity contribution in [3.63, 3.8) is 0 Å². The first-order valence-electron chi connectivity index (χ1n) is 8.60. The third kappa shape index (κ3) is 6.51. The van der Waals surface area contributed by atoms with Gasteiger partial charge < -0.3 is 20.1 Å². The third-order valence-electron chi connectivity index (χ3n) is 3.29. The Morgan fingerprint density at radius 3 is 2.65 bits per heavy atom. The number of rotatable bonds is 9. The van der Waals surface area contributed by atoms with E-state index in [9.17, 15) is 4.79 Å². The van der Waals surface area contributed by atoms with Crippen molar-refractivity contribution < 1.29 is 14.3 Å². The van der Waals surface area contributed by atoms with Crippen LogP contribution in [-0.2, 0) is 4.79 Å². The lowest BCUT2D eigenvalue weighted by molar-refractivity contribution is -0.114. The summed E-state index contributed by atoms with van der Waals surface area (Å²) >= 11 is 0. The summed E-state index contributed by atoms with van der Waals surface area (Å²) < 4.78 is 11.3. The molecule has 0 aromatic heterocycles. The standard InChI is InChI=1S/C21H26N2O3/c1-15(2)14-25-20-11-6-5-10-19(20)23-21(24)13-22-17-8-7-9-18(12-17)26-16(3)4/h5-12,16,22H,1,13-14H2,2-4H3,(H,23,24). The van der Waals surface area contributed by atoms with Crippen LogP contribution < -0.4 is 20.1 Å². The van der Waals surface area contributed by atoms with Gasteiger partial charge in [-0.1, -0.05) is 24.8 Å². The van der Waals surface area contributed by atoms with E-state index < -0.39 is 0 Å². The molecule has 0 aliphatic heterocycles. The molecule has 1 amide bonds. The van der Waals surface area contributed by atoms with Gasteiger partial charge in [0.25, 0.3) is 0 Å². The van der Waals surface area contributed by atoms with Crippen LogP contribution >= 0.6 is 0 Å². The zero-order valence-electron chi connectivity index (χ0n) is 15.5. The van der Waals surface area contributed by atoms with E-state index in [2.05, 4.69) is 17.2 Å². The number of carbonyl (C=O) groups excluding carboxylic acids is 1. The van der Waals surface area contributed by atoms with Crippen LogP contribution in [0.25, 0.3) is 0 Å². The van der Waals surface area contributed by atoms with Crippen molar-refractivity contribution in [1.29, 1.82) is 0 Å². The van der Waals surface area contributed by atoms with Crippen molar-refractivity contribution in [2.75, 3.05) is 23.8 Å². The number of ether oxygens (including phenoxy) is 2. The molecule has 0 aliphatic rings. The largest absolute Gasteiger partial charge is 0.491 e. The summed E-state index contributed by atoms with van der Waals surface area (Å²) in [6, 6.07) is 14.9. The van der Waals surface area contributed by atoms with E-state index in [-0.39, 0.29) is 18.6 Å². The maximum Gasteiger partial charge on any atom is 0.243 e. The minimum atomic E-state index is -0.161. The second kappa shape index (κ2) is 9.51. The Labute approximate surface area is 155 Å². The number of nitrogens with one attached hydrogen (secondary N) is 2. The van der Waals surface area contributed by atoms with Gasteiger partial charge in [0.05, 0.1) is 18.3 Å². The number of hydrogen-bond acceptors (Lipinski definition) is 4. The van der Waals surface area contributed by atoms with E-state index in [1.54, 1.807) is 0 Å². The van der Waals surface area contributed by atoms with Gasteiger partial charge in [0.2, 0.25) is 5.91 Å². The van der Waals surface area contributed by atoms with E-state index in [0.717, 1.165) is 17.0 Å². The quantitative estimate of drug-likeness (QED) is 0.652. The molecular weight excluding hydrogens is 328 g/mol. The highest BCUT2D eigenvalue weighted by Gasteiger charge is 2.08. The fourth-order valence-electron chi connectivity index (χ4n) is 2.22. The molecule has 2 aromatic carbocycles. The zero-order chi connectivity index (χ0) is 18.9. The first-order valence-corrected chi connectivity index (χ1v) is 8.60. The fourth-order valence-corrected chi connectivity index (χ4v) is 2.22. The van der Waals surface area contributed by atoms with E-state index in [1.807, 2.05) is 69.3 Å². The lowest BCUT2D eigenvalue weighted by Crippen LogP contribution is -2.22. The molecule has 2 N–H and O–H groups in total. The summed E-state index contributed by atoms with van der Waals surface area (Å²) in [6.07, 6.45) is 0.101. The minimum absolute atomic E-state index is 0.101. The van der Waals surface area contributed by atoms with Gasteiger partial charge in [-0.3, -0.25) is 4.79 Å². The smallest absolute Gasteiger partial charge is 0.243 e. The Balaban J connectivity index is 1.92. The van der Waals surface area contributed by atoms with E-state index >= 15 is 0 Å². The second-order valence-electron chi connectivity index (χ2n) is 6.34. The first-order chi connectivity index (χ1) is 12.4. The number of amides is 1. The lowest BCUT2D eigenvalue weighted by atomic mass is 10.2. The monoisotopic (exact) mass is 354 g/mol. The van der Waals surface area contributed by atoms with Crippen LogP contribution in [0.1, 0.15) is 20.8 Å². The Hall–Kier alpha value is -2.95. The van der Waals surface area contributed by atoms with Gasteiger partial charge in [0.1, 0.15) is 18.1 Å². The Morgan fingerprint density at radius 1 is 1.15 bits per heavy atom. The summed E-state index contributed by atoms with van der Waals surface area (Å²) in [7, 11) is 0. The molecule has 0 fully saturated rings. The van der Waals surface area contributed by atoms with Crippen LogP contribution in [0.5, 0.6) is 11.5 Å². The molecule has 0 spiro atoms. The predicted molar refractivity (Wildman–Crippen MR) is 106 cm³/mol. The molecule has 2 aromatic rings. The molecular formula is C21H26N2O3. The van der Waals surface area contributed by atoms with Crippen molar-refractivity contribution in [3.8, 4) is 11.5 Å². The van der Waals surface area contributed by atoms with Gasteiger partial charge >= 0.3 is 0 Å². The lowest BCUT2D eigenvalue weighted by Gasteiger charge is -2.14. The van der Waals surface area contributed by atoms with Crippen LogP contribution in [0.3, 0.4) is 0 Å². The molecule has 138 valence electrons. The normalized spacial score (nSPS) is 10.3. The zero-order valence-corrected chi connectivity index (χ0v) is 15.5. The van der Waals surface area contributed by atoms with Crippen molar-refractivity contribution in [2.45, 2.75) is 26.9 Å². The molecule has 0 saturated carbocycles. The summed E-state index contributed by atoms with van der Waals surface area (Å²) in [5, 5.41) is 5.97. The van der Waals surface area contributed by atoms with Crippen LogP contribution in [0, 0.1) is 0 Å². The van der Waals surface area contributed by atoms with Crippen molar-refractivity contribution in [3.05, 3.63) is 60.7 Å². The number of carbonyl (C=O) groups is 1. The number of para-hydroxylation sites is 2. The number of benzene rings is 2. The molecule has 5 nitrogen and oxygen atoms in total. The van der Waals surface area contributed by atoms with Gasteiger partial charge in [-0.05, 0) is 50.6 Å². The van der Waals surface area contributed by atoms with Crippen LogP contribution in [0.4, 0.5) is 11.4 Å². The van der Waals surface area contributed by atoms with Crippen LogP contribution in [0.15, 0.2) is 60.7 Å². The molecule has 0 aliphatic carbocycles. The Kier molecular flexibility index (Phi) is 7.09. The molecule has 0 atom stereocenters. The van der Waals surface area contributed by atoms with Crippen LogP contribution in [-0.4, -0.2) is 25.2 Å². The highest BCUT2D eigenvalue weighted by molar-refractivity contribution is 5.95. The number of anilines is 2. The third-order valence-corrected chi connectivity index (χ3v) is 3.29. The van der Waals surface area contributed by atoms with Gasteiger partial charge in [0, 0.05) is 11.8 Å². The minimum Gasteiger partial charge on any atom is -0.491 e.